The minimum atomic E-state index is -1.02. The summed E-state index contributed by atoms with van der Waals surface area (Å²) in [7, 11) is 1.78. The maximum Gasteiger partial charge on any atom is 0.331 e. The van der Waals surface area contributed by atoms with E-state index in [1.807, 2.05) is 49.4 Å². The first-order chi connectivity index (χ1) is 14.8. The summed E-state index contributed by atoms with van der Waals surface area (Å²) in [6, 6.07) is 19.1. The van der Waals surface area contributed by atoms with Gasteiger partial charge in [0.15, 0.2) is 6.61 Å². The summed E-state index contributed by atoms with van der Waals surface area (Å²) in [5, 5.41) is 11.9. The molecule has 0 radical (unpaired) electrons. The fourth-order valence-electron chi connectivity index (χ4n) is 3.20. The number of aliphatic carboxylic acids is 1. The zero-order valence-electron chi connectivity index (χ0n) is 18.2. The highest BCUT2D eigenvalue weighted by atomic mass is 32.2. The number of anilines is 2. The van der Waals surface area contributed by atoms with Crippen LogP contribution in [0.5, 0.6) is 0 Å². The number of nitrogens with one attached hydrogen (secondary N) is 1. The second-order valence-electron chi connectivity index (χ2n) is 7.20. The summed E-state index contributed by atoms with van der Waals surface area (Å²) in [5.74, 6) is -1.25. The van der Waals surface area contributed by atoms with E-state index >= 15 is 0 Å². The molecule has 0 bridgehead atoms. The Bertz CT molecular complexity index is 1060. The van der Waals surface area contributed by atoms with Gasteiger partial charge in [-0.2, -0.15) is 13.5 Å². The van der Waals surface area contributed by atoms with Crippen molar-refractivity contribution in [3.63, 3.8) is 0 Å². The van der Waals surface area contributed by atoms with Gasteiger partial charge in [-0.05, 0) is 72.5 Å². The first-order valence-electron chi connectivity index (χ1n) is 9.79. The number of carboxylic acids is 1. The van der Waals surface area contributed by atoms with Gasteiger partial charge in [-0.1, -0.05) is 24.3 Å². The zero-order valence-corrected chi connectivity index (χ0v) is 20.0. The largest absolute Gasteiger partial charge is 0.479 e. The van der Waals surface area contributed by atoms with Crippen molar-refractivity contribution in [2.24, 2.45) is 0 Å². The summed E-state index contributed by atoms with van der Waals surface area (Å²) in [6.07, 6.45) is 0. The molecule has 0 saturated carbocycles. The fraction of sp³-hybridized carbons (Fsp3) is 0.208. The van der Waals surface area contributed by atoms with Gasteiger partial charge in [0.05, 0.1) is 0 Å². The van der Waals surface area contributed by atoms with E-state index in [1.165, 1.54) is 0 Å². The van der Waals surface area contributed by atoms with E-state index in [1.54, 1.807) is 17.4 Å². The van der Waals surface area contributed by atoms with Crippen molar-refractivity contribution < 1.29 is 18.5 Å². The first-order valence-corrected chi connectivity index (χ1v) is 10.5. The van der Waals surface area contributed by atoms with Gasteiger partial charge in [0.25, 0.3) is 0 Å². The van der Waals surface area contributed by atoms with Gasteiger partial charge >= 0.3 is 5.97 Å². The average molecular weight is 475 g/mol. The van der Waals surface area contributed by atoms with E-state index in [4.69, 9.17) is 9.29 Å². The molecule has 0 aliphatic carbocycles. The van der Waals surface area contributed by atoms with E-state index in [-0.39, 0.29) is 25.9 Å². The number of benzene rings is 3. The van der Waals surface area contributed by atoms with Crippen LogP contribution in [0.15, 0.2) is 60.7 Å². The monoisotopic (exact) mass is 474 g/mol. The number of carboxylic acid groups (broad SMARTS) is 1. The van der Waals surface area contributed by atoms with Crippen molar-refractivity contribution in [3.05, 3.63) is 83.2 Å². The van der Waals surface area contributed by atoms with Crippen molar-refractivity contribution in [3.8, 4) is 11.1 Å². The van der Waals surface area contributed by atoms with Crippen molar-refractivity contribution >= 4 is 43.1 Å². The number of halogens is 1. The van der Waals surface area contributed by atoms with Crippen molar-refractivity contribution in [1.82, 2.24) is 0 Å². The molecule has 8 heteroatoms. The molecule has 32 heavy (non-hydrogen) atoms. The number of carbonyl (C=O) groups is 1. The lowest BCUT2D eigenvalue weighted by Crippen LogP contribution is -2.11. The Hall–Kier alpha value is -2.68. The second-order valence-corrected chi connectivity index (χ2v) is 8.13. The Morgan fingerprint density at radius 1 is 1.06 bits per heavy atom. The van der Waals surface area contributed by atoms with Crippen LogP contribution >= 0.6 is 25.7 Å². The van der Waals surface area contributed by atoms with Crippen LogP contribution in [0.1, 0.15) is 16.7 Å². The van der Waals surface area contributed by atoms with Crippen LogP contribution in [0.25, 0.3) is 11.1 Å². The van der Waals surface area contributed by atoms with Gasteiger partial charge in [-0.3, -0.25) is 8.49 Å². The summed E-state index contributed by atoms with van der Waals surface area (Å²) >= 11 is 0.960. The van der Waals surface area contributed by atoms with Gasteiger partial charge in [0.1, 0.15) is 18.0 Å². The maximum absolute atomic E-state index is 14.6. The molecule has 0 heterocycles. The molecule has 0 fully saturated rings. The third-order valence-electron chi connectivity index (χ3n) is 4.89. The van der Waals surface area contributed by atoms with Crippen LogP contribution in [0, 0.1) is 19.7 Å². The van der Waals surface area contributed by atoms with Gasteiger partial charge in [0.2, 0.25) is 0 Å². The summed E-state index contributed by atoms with van der Waals surface area (Å²) in [5.41, 5.74) is 6.51. The number of hydrogen-bond acceptors (Lipinski definition) is 5. The molecule has 0 unspecified atom stereocenters. The minimum Gasteiger partial charge on any atom is -0.479 e. The molecule has 0 aliphatic heterocycles. The highest BCUT2D eigenvalue weighted by molar-refractivity contribution is 7.96. The first kappa shape index (κ1) is 25.6. The molecular formula is C24H27FN2O3S2. The van der Waals surface area contributed by atoms with Gasteiger partial charge in [-0.25, -0.2) is 9.18 Å². The third-order valence-corrected chi connectivity index (χ3v) is 5.55. The Balaban J connectivity index is 0.00000363. The lowest BCUT2D eigenvalue weighted by atomic mass is 9.94. The molecule has 3 aromatic rings. The van der Waals surface area contributed by atoms with E-state index in [9.17, 15) is 9.18 Å². The molecule has 0 saturated heterocycles. The van der Waals surface area contributed by atoms with Crippen LogP contribution in [0.4, 0.5) is 15.8 Å². The molecule has 3 rings (SSSR count). The van der Waals surface area contributed by atoms with Gasteiger partial charge in [-0.15, -0.1) is 0 Å². The molecule has 170 valence electrons. The Morgan fingerprint density at radius 3 is 2.41 bits per heavy atom. The maximum atomic E-state index is 14.6. The lowest BCUT2D eigenvalue weighted by Gasteiger charge is -2.17. The van der Waals surface area contributed by atoms with Gasteiger partial charge in [0, 0.05) is 30.5 Å². The standard InChI is InChI=1S/C24H25FN2O3S.H2S/c1-16-6-4-5-7-21(16)22-13-18(23(25)12-17(22)2)14-26-19-8-10-20(11-9-19)27(3)31-30-15-24(28)29;/h4-13,26H,14-15H2,1-3H3,(H,28,29);1H2. The van der Waals surface area contributed by atoms with Crippen LogP contribution in [-0.4, -0.2) is 24.7 Å². The quantitative estimate of drug-likeness (QED) is 0.296. The molecule has 0 aromatic heterocycles. The minimum absolute atomic E-state index is 0. The van der Waals surface area contributed by atoms with Gasteiger partial charge < -0.3 is 10.4 Å². The lowest BCUT2D eigenvalue weighted by molar-refractivity contribution is -0.138. The fourth-order valence-corrected chi connectivity index (χ4v) is 3.72. The number of rotatable bonds is 9. The molecule has 5 nitrogen and oxygen atoms in total. The van der Waals surface area contributed by atoms with E-state index < -0.39 is 5.97 Å². The van der Waals surface area contributed by atoms with Crippen molar-refractivity contribution in [2.75, 3.05) is 23.3 Å². The molecule has 0 spiro atoms. The summed E-state index contributed by atoms with van der Waals surface area (Å²) < 4.78 is 21.3. The zero-order chi connectivity index (χ0) is 22.4. The summed E-state index contributed by atoms with van der Waals surface area (Å²) in [4.78, 5) is 10.5. The predicted octanol–water partition coefficient (Wildman–Crippen LogP) is 5.94. The van der Waals surface area contributed by atoms with E-state index in [0.29, 0.717) is 12.1 Å². The van der Waals surface area contributed by atoms with Crippen molar-refractivity contribution in [1.29, 1.82) is 0 Å². The predicted molar refractivity (Wildman–Crippen MR) is 135 cm³/mol. The normalized spacial score (nSPS) is 10.4. The average Bonchev–Trinajstić information content (AvgIpc) is 2.74. The third kappa shape index (κ3) is 6.66. The molecule has 0 aliphatic rings. The SMILES string of the molecule is Cc1ccccc1-c1cc(CNc2ccc(N(C)SOCC(=O)O)cc2)c(F)cc1C.S. The smallest absolute Gasteiger partial charge is 0.331 e. The van der Waals surface area contributed by atoms with E-state index in [0.717, 1.165) is 45.9 Å². The molecule has 2 N–H and O–H groups in total. The molecular weight excluding hydrogens is 447 g/mol. The second kappa shape index (κ2) is 11.8. The van der Waals surface area contributed by atoms with Crippen LogP contribution < -0.4 is 9.62 Å². The highest BCUT2D eigenvalue weighted by Gasteiger charge is 2.11. The van der Waals surface area contributed by atoms with Crippen molar-refractivity contribution in [2.45, 2.75) is 20.4 Å². The van der Waals surface area contributed by atoms with Crippen LogP contribution in [0.3, 0.4) is 0 Å². The molecule has 0 atom stereocenters. The Morgan fingerprint density at radius 2 is 1.75 bits per heavy atom. The number of nitrogens with zero attached hydrogens (tertiary/aromatic N) is 1. The highest BCUT2D eigenvalue weighted by Crippen LogP contribution is 2.29. The number of aryl methyl sites for hydroxylation is 2. The molecule has 0 amide bonds. The van der Waals surface area contributed by atoms with Crippen LogP contribution in [-0.2, 0) is 15.5 Å². The van der Waals surface area contributed by atoms with Crippen LogP contribution in [0.2, 0.25) is 0 Å². The Kier molecular flexibility index (Phi) is 9.43. The topological polar surface area (TPSA) is 61.8 Å². The Labute approximate surface area is 199 Å². The molecule has 3 aromatic carbocycles. The van der Waals surface area contributed by atoms with E-state index in [2.05, 4.69) is 24.4 Å². The summed E-state index contributed by atoms with van der Waals surface area (Å²) in [6.45, 7) is 3.97. The number of hydrogen-bond donors (Lipinski definition) is 2.